The predicted octanol–water partition coefficient (Wildman–Crippen LogP) is 5.62. The van der Waals surface area contributed by atoms with Crippen molar-refractivity contribution in [3.63, 3.8) is 0 Å². The van der Waals surface area contributed by atoms with Crippen molar-refractivity contribution in [2.24, 2.45) is 0 Å². The Morgan fingerprint density at radius 3 is 2.50 bits per heavy atom. The van der Waals surface area contributed by atoms with E-state index in [-0.39, 0.29) is 5.91 Å². The van der Waals surface area contributed by atoms with E-state index in [0.717, 1.165) is 40.8 Å². The van der Waals surface area contributed by atoms with Crippen LogP contribution in [0.4, 0.5) is 5.69 Å². The summed E-state index contributed by atoms with van der Waals surface area (Å²) in [5.41, 5.74) is 3.22. The summed E-state index contributed by atoms with van der Waals surface area (Å²) >= 11 is 7.69. The van der Waals surface area contributed by atoms with Gasteiger partial charge in [-0.05, 0) is 60.8 Å². The van der Waals surface area contributed by atoms with E-state index in [0.29, 0.717) is 30.4 Å². The minimum Gasteiger partial charge on any atom is -0.492 e. The number of ether oxygens (including phenoxy) is 1. The van der Waals surface area contributed by atoms with Crippen LogP contribution in [0.1, 0.15) is 17.4 Å². The van der Waals surface area contributed by atoms with Gasteiger partial charge in [-0.3, -0.25) is 4.79 Å². The highest BCUT2D eigenvalue weighted by Crippen LogP contribution is 2.30. The Hall–Kier alpha value is -3.29. The highest BCUT2D eigenvalue weighted by molar-refractivity contribution is 7.13. The van der Waals surface area contributed by atoms with Gasteiger partial charge in [-0.25, -0.2) is 4.68 Å². The van der Waals surface area contributed by atoms with Crippen LogP contribution < -0.4 is 9.64 Å². The summed E-state index contributed by atoms with van der Waals surface area (Å²) in [6, 6.07) is 21.4. The molecule has 3 heterocycles. The average Bonchev–Trinajstić information content (AvgIpc) is 3.55. The number of carbonyl (C=O) groups is 1. The molecule has 1 amide bonds. The highest BCUT2D eigenvalue weighted by atomic mass is 35.5. The van der Waals surface area contributed by atoms with Crippen LogP contribution in [0.15, 0.2) is 72.1 Å². The van der Waals surface area contributed by atoms with Gasteiger partial charge in [-0.1, -0.05) is 29.8 Å². The van der Waals surface area contributed by atoms with Gasteiger partial charge in [0, 0.05) is 31.2 Å². The Bertz CT molecular complexity index is 1260. The molecule has 6 nitrogen and oxygen atoms in total. The Labute approximate surface area is 207 Å². The van der Waals surface area contributed by atoms with Gasteiger partial charge >= 0.3 is 0 Å². The van der Waals surface area contributed by atoms with Crippen molar-refractivity contribution in [2.45, 2.75) is 6.92 Å². The number of thiophene rings is 1. The van der Waals surface area contributed by atoms with E-state index in [9.17, 15) is 4.79 Å². The van der Waals surface area contributed by atoms with Gasteiger partial charge < -0.3 is 14.5 Å². The second kappa shape index (κ2) is 9.91. The fourth-order valence-electron chi connectivity index (χ4n) is 4.17. The third kappa shape index (κ3) is 4.54. The molecule has 0 aliphatic carbocycles. The number of nitrogens with zero attached hydrogens (tertiary/aromatic N) is 4. The van der Waals surface area contributed by atoms with Crippen molar-refractivity contribution >= 4 is 34.5 Å². The molecule has 4 aromatic rings. The zero-order valence-corrected chi connectivity index (χ0v) is 20.4. The maximum Gasteiger partial charge on any atom is 0.272 e. The third-order valence-electron chi connectivity index (χ3n) is 5.85. The SMILES string of the molecule is CCOc1ccccc1N1CCN(C(=O)c2cc(-c3cccs3)nn2-c2ccc(Cl)cc2)CC1. The first-order valence-electron chi connectivity index (χ1n) is 11.3. The van der Waals surface area contributed by atoms with Crippen molar-refractivity contribution in [1.82, 2.24) is 14.7 Å². The lowest BCUT2D eigenvalue weighted by Crippen LogP contribution is -2.49. The van der Waals surface area contributed by atoms with E-state index in [1.807, 2.05) is 77.9 Å². The normalized spacial score (nSPS) is 13.8. The first-order chi connectivity index (χ1) is 16.6. The fourth-order valence-corrected chi connectivity index (χ4v) is 4.97. The van der Waals surface area contributed by atoms with Crippen LogP contribution in [0.5, 0.6) is 5.75 Å². The summed E-state index contributed by atoms with van der Waals surface area (Å²) in [7, 11) is 0. The maximum absolute atomic E-state index is 13.7. The number of amides is 1. The second-order valence-electron chi connectivity index (χ2n) is 7.96. The van der Waals surface area contributed by atoms with Crippen molar-refractivity contribution < 1.29 is 9.53 Å². The topological polar surface area (TPSA) is 50.6 Å². The molecule has 1 fully saturated rings. The van der Waals surface area contributed by atoms with E-state index in [1.165, 1.54) is 0 Å². The van der Waals surface area contributed by atoms with E-state index in [4.69, 9.17) is 21.4 Å². The molecule has 0 N–H and O–H groups in total. The predicted molar refractivity (Wildman–Crippen MR) is 138 cm³/mol. The first-order valence-corrected chi connectivity index (χ1v) is 12.6. The molecule has 0 radical (unpaired) electrons. The standard InChI is InChI=1S/C26H25ClN4O2S/c1-2-33-24-7-4-3-6-22(24)29-13-15-30(16-14-29)26(32)23-18-21(25-8-5-17-34-25)28-31(23)20-11-9-19(27)10-12-20/h3-12,17-18H,2,13-16H2,1H3. The van der Waals surface area contributed by atoms with Gasteiger partial charge in [-0.15, -0.1) is 11.3 Å². The number of halogens is 1. The Morgan fingerprint density at radius 2 is 1.79 bits per heavy atom. The molecule has 1 aliphatic rings. The van der Waals surface area contributed by atoms with Gasteiger partial charge in [0.1, 0.15) is 17.1 Å². The average molecular weight is 493 g/mol. The first kappa shape index (κ1) is 22.5. The van der Waals surface area contributed by atoms with Gasteiger partial charge in [0.2, 0.25) is 0 Å². The molecular formula is C26H25ClN4O2S. The van der Waals surface area contributed by atoms with Crippen LogP contribution >= 0.6 is 22.9 Å². The van der Waals surface area contributed by atoms with Crippen LogP contribution in [0, 0.1) is 0 Å². The second-order valence-corrected chi connectivity index (χ2v) is 9.34. The summed E-state index contributed by atoms with van der Waals surface area (Å²) in [6.45, 7) is 5.34. The zero-order valence-electron chi connectivity index (χ0n) is 18.9. The molecule has 34 heavy (non-hydrogen) atoms. The number of anilines is 1. The molecular weight excluding hydrogens is 468 g/mol. The largest absolute Gasteiger partial charge is 0.492 e. The molecule has 0 saturated carbocycles. The van der Waals surface area contributed by atoms with Crippen molar-refractivity contribution in [3.05, 3.63) is 82.8 Å². The minimum absolute atomic E-state index is 0.0250. The number of carbonyl (C=O) groups excluding carboxylic acids is 1. The molecule has 1 saturated heterocycles. The lowest BCUT2D eigenvalue weighted by Gasteiger charge is -2.36. The van der Waals surface area contributed by atoms with Crippen LogP contribution in [0.3, 0.4) is 0 Å². The molecule has 8 heteroatoms. The van der Waals surface area contributed by atoms with Gasteiger partial charge in [-0.2, -0.15) is 5.10 Å². The van der Waals surface area contributed by atoms with Crippen LogP contribution in [-0.2, 0) is 0 Å². The third-order valence-corrected chi connectivity index (χ3v) is 6.99. The van der Waals surface area contributed by atoms with Crippen LogP contribution in [-0.4, -0.2) is 53.4 Å². The number of para-hydroxylation sites is 2. The molecule has 0 unspecified atom stereocenters. The van der Waals surface area contributed by atoms with Gasteiger partial charge in [0.25, 0.3) is 5.91 Å². The lowest BCUT2D eigenvalue weighted by molar-refractivity contribution is 0.0737. The summed E-state index contributed by atoms with van der Waals surface area (Å²) in [4.78, 5) is 18.9. The molecule has 5 rings (SSSR count). The number of hydrogen-bond donors (Lipinski definition) is 0. The fraction of sp³-hybridized carbons (Fsp3) is 0.231. The van der Waals surface area contributed by atoms with Crippen LogP contribution in [0.2, 0.25) is 5.02 Å². The summed E-state index contributed by atoms with van der Waals surface area (Å²) in [5.74, 6) is 0.856. The van der Waals surface area contributed by atoms with Crippen molar-refractivity contribution in [2.75, 3.05) is 37.7 Å². The number of benzene rings is 2. The summed E-state index contributed by atoms with van der Waals surface area (Å²) in [5, 5.41) is 7.43. The molecule has 0 atom stereocenters. The molecule has 174 valence electrons. The van der Waals surface area contributed by atoms with E-state index >= 15 is 0 Å². The van der Waals surface area contributed by atoms with Crippen molar-refractivity contribution in [3.8, 4) is 22.0 Å². The van der Waals surface area contributed by atoms with Gasteiger partial charge in [0.15, 0.2) is 0 Å². The van der Waals surface area contributed by atoms with E-state index in [2.05, 4.69) is 11.0 Å². The van der Waals surface area contributed by atoms with E-state index < -0.39 is 0 Å². The van der Waals surface area contributed by atoms with Crippen molar-refractivity contribution in [1.29, 1.82) is 0 Å². The lowest BCUT2D eigenvalue weighted by atomic mass is 10.2. The monoisotopic (exact) mass is 492 g/mol. The number of aromatic nitrogens is 2. The molecule has 0 spiro atoms. The smallest absolute Gasteiger partial charge is 0.272 e. The van der Waals surface area contributed by atoms with Gasteiger partial charge in [0.05, 0.1) is 22.9 Å². The molecule has 2 aromatic carbocycles. The zero-order chi connectivity index (χ0) is 23.5. The van der Waals surface area contributed by atoms with E-state index in [1.54, 1.807) is 16.0 Å². The summed E-state index contributed by atoms with van der Waals surface area (Å²) in [6.07, 6.45) is 0. The quantitative estimate of drug-likeness (QED) is 0.351. The molecule has 0 bridgehead atoms. The number of rotatable bonds is 6. The Balaban J connectivity index is 1.39. The minimum atomic E-state index is -0.0250. The highest BCUT2D eigenvalue weighted by Gasteiger charge is 2.27. The van der Waals surface area contributed by atoms with Crippen LogP contribution in [0.25, 0.3) is 16.3 Å². The summed E-state index contributed by atoms with van der Waals surface area (Å²) < 4.78 is 7.53. The molecule has 2 aromatic heterocycles. The number of hydrogen-bond acceptors (Lipinski definition) is 5. The number of piperazine rings is 1. The Kier molecular flexibility index (Phi) is 6.56. The molecule has 1 aliphatic heterocycles. The Morgan fingerprint density at radius 1 is 1.03 bits per heavy atom. The maximum atomic E-state index is 13.7.